The third-order valence-corrected chi connectivity index (χ3v) is 6.06. The molecule has 2 heterocycles. The van der Waals surface area contributed by atoms with Crippen molar-refractivity contribution < 1.29 is 33.6 Å². The Hall–Kier alpha value is -3.79. The predicted molar refractivity (Wildman–Crippen MR) is 128 cm³/mol. The number of para-hydroxylation sites is 2. The summed E-state index contributed by atoms with van der Waals surface area (Å²) in [6.07, 6.45) is 0.562. The average molecular weight is 484 g/mol. The predicted octanol–water partition coefficient (Wildman–Crippen LogP) is 2.91. The number of amides is 1. The highest BCUT2D eigenvalue weighted by Gasteiger charge is 2.48. The summed E-state index contributed by atoms with van der Waals surface area (Å²) in [6, 6.07) is 9.86. The van der Waals surface area contributed by atoms with Crippen LogP contribution in [0.3, 0.4) is 0 Å². The van der Waals surface area contributed by atoms with Crippen molar-refractivity contribution in [3.63, 3.8) is 0 Å². The summed E-state index contributed by atoms with van der Waals surface area (Å²) in [5, 5.41) is 10.5. The number of esters is 1. The van der Waals surface area contributed by atoms with Gasteiger partial charge in [0.1, 0.15) is 0 Å². The van der Waals surface area contributed by atoms with Crippen molar-refractivity contribution in [3.8, 4) is 17.2 Å². The van der Waals surface area contributed by atoms with E-state index in [2.05, 4.69) is 0 Å². The third-order valence-electron chi connectivity index (χ3n) is 6.06. The summed E-state index contributed by atoms with van der Waals surface area (Å²) >= 11 is 0. The molecular weight excluding hydrogens is 454 g/mol. The molecule has 1 aliphatic rings. The van der Waals surface area contributed by atoms with Crippen molar-refractivity contribution in [2.45, 2.75) is 19.4 Å². The normalized spacial score (nSPS) is 17.4. The molecule has 0 unspecified atom stereocenters. The molecule has 186 valence electrons. The lowest BCUT2D eigenvalue weighted by atomic mass is 9.89. The van der Waals surface area contributed by atoms with Gasteiger partial charge >= 0.3 is 5.97 Å². The Kier molecular flexibility index (Phi) is 7.11. The first-order valence-electron chi connectivity index (χ1n) is 11.4. The Labute approximate surface area is 203 Å². The molecular formula is C25H29N3O7. The van der Waals surface area contributed by atoms with E-state index < -0.39 is 23.8 Å². The molecule has 1 N–H and O–H groups in total. The molecule has 10 nitrogen and oxygen atoms in total. The maximum Gasteiger partial charge on any atom is 0.321 e. The Balaban J connectivity index is 1.99. The van der Waals surface area contributed by atoms with Gasteiger partial charge in [0.05, 0.1) is 37.9 Å². The molecule has 1 aromatic heterocycles. The first-order valence-corrected chi connectivity index (χ1v) is 11.4. The molecule has 0 aliphatic carbocycles. The summed E-state index contributed by atoms with van der Waals surface area (Å²) in [6.45, 7) is 2.59. The summed E-state index contributed by atoms with van der Waals surface area (Å²) in [5.74, 6) is -1.70. The Bertz CT molecular complexity index is 1210. The van der Waals surface area contributed by atoms with Gasteiger partial charge in [-0.3, -0.25) is 14.5 Å². The molecule has 0 saturated carbocycles. The van der Waals surface area contributed by atoms with Crippen molar-refractivity contribution >= 4 is 28.9 Å². The van der Waals surface area contributed by atoms with Crippen LogP contribution in [-0.4, -0.2) is 67.6 Å². The zero-order valence-corrected chi connectivity index (χ0v) is 20.2. The minimum absolute atomic E-state index is 0.124. The number of phenols is 1. The summed E-state index contributed by atoms with van der Waals surface area (Å²) < 4.78 is 23.1. The number of imidazole rings is 1. The van der Waals surface area contributed by atoms with Gasteiger partial charge in [-0.2, -0.15) is 0 Å². The van der Waals surface area contributed by atoms with E-state index in [1.807, 2.05) is 28.8 Å². The van der Waals surface area contributed by atoms with Crippen molar-refractivity contribution in [1.29, 1.82) is 0 Å². The first kappa shape index (κ1) is 24.3. The molecule has 0 fully saturated rings. The van der Waals surface area contributed by atoms with Crippen LogP contribution in [0.1, 0.15) is 24.9 Å². The molecule has 10 heteroatoms. The van der Waals surface area contributed by atoms with E-state index in [-0.39, 0.29) is 23.9 Å². The largest absolute Gasteiger partial charge is 0.502 e. The van der Waals surface area contributed by atoms with Crippen molar-refractivity contribution in [2.75, 3.05) is 46.0 Å². The molecule has 0 saturated heterocycles. The van der Waals surface area contributed by atoms with Crippen LogP contribution >= 0.6 is 0 Å². The summed E-state index contributed by atoms with van der Waals surface area (Å²) in [4.78, 5) is 33.4. The van der Waals surface area contributed by atoms with Crippen LogP contribution in [0.25, 0.3) is 11.0 Å². The lowest BCUT2D eigenvalue weighted by Crippen LogP contribution is -2.50. The fraction of sp³-hybridized carbons (Fsp3) is 0.400. The van der Waals surface area contributed by atoms with Crippen LogP contribution in [0.2, 0.25) is 0 Å². The van der Waals surface area contributed by atoms with Crippen LogP contribution in [0.5, 0.6) is 17.2 Å². The minimum Gasteiger partial charge on any atom is -0.502 e. The van der Waals surface area contributed by atoms with E-state index >= 15 is 0 Å². The number of carbonyl (C=O) groups excluding carboxylic acids is 2. The van der Waals surface area contributed by atoms with Gasteiger partial charge in [0, 0.05) is 20.3 Å². The molecule has 1 aliphatic heterocycles. The highest BCUT2D eigenvalue weighted by atomic mass is 16.5. The number of carbonyl (C=O) groups is 2. The van der Waals surface area contributed by atoms with Gasteiger partial charge < -0.3 is 28.6 Å². The summed E-state index contributed by atoms with van der Waals surface area (Å²) in [7, 11) is 4.43. The maximum absolute atomic E-state index is 13.9. The first-order chi connectivity index (χ1) is 17.0. The van der Waals surface area contributed by atoms with Crippen molar-refractivity contribution in [2.24, 2.45) is 5.92 Å². The van der Waals surface area contributed by atoms with Crippen molar-refractivity contribution in [3.05, 3.63) is 42.0 Å². The van der Waals surface area contributed by atoms with E-state index in [1.165, 1.54) is 19.1 Å². The lowest BCUT2D eigenvalue weighted by molar-refractivity contribution is -0.153. The molecule has 4 rings (SSSR count). The lowest BCUT2D eigenvalue weighted by Gasteiger charge is -2.38. The number of aromatic nitrogens is 2. The molecule has 0 bridgehead atoms. The van der Waals surface area contributed by atoms with Crippen LogP contribution in [-0.2, 0) is 19.1 Å². The number of ether oxygens (including phenoxy) is 4. The number of hydrogen-bond acceptors (Lipinski definition) is 8. The van der Waals surface area contributed by atoms with Gasteiger partial charge in [0.15, 0.2) is 17.4 Å². The van der Waals surface area contributed by atoms with Gasteiger partial charge in [-0.1, -0.05) is 12.1 Å². The third kappa shape index (κ3) is 4.25. The van der Waals surface area contributed by atoms with Crippen molar-refractivity contribution in [1.82, 2.24) is 9.55 Å². The van der Waals surface area contributed by atoms with Gasteiger partial charge in [0.2, 0.25) is 17.6 Å². The van der Waals surface area contributed by atoms with Crippen LogP contribution in [0, 0.1) is 5.92 Å². The second-order valence-corrected chi connectivity index (χ2v) is 8.06. The van der Waals surface area contributed by atoms with E-state index in [1.54, 1.807) is 26.2 Å². The number of aromatic hydroxyl groups is 1. The fourth-order valence-electron chi connectivity index (χ4n) is 4.51. The van der Waals surface area contributed by atoms with Gasteiger partial charge in [-0.05, 0) is 43.2 Å². The SMILES string of the molecule is CCOC(=O)[C@@H]1C(=O)N(CCCOC)c2nc3ccccc3n2[C@@H]1c1cc(OC)c(O)c(OC)c1. The van der Waals surface area contributed by atoms with E-state index in [4.69, 9.17) is 23.9 Å². The fourth-order valence-corrected chi connectivity index (χ4v) is 4.51. The summed E-state index contributed by atoms with van der Waals surface area (Å²) in [5.41, 5.74) is 1.96. The zero-order valence-electron chi connectivity index (χ0n) is 20.2. The number of rotatable bonds is 9. The van der Waals surface area contributed by atoms with Crippen LogP contribution < -0.4 is 14.4 Å². The second-order valence-electron chi connectivity index (χ2n) is 8.06. The topological polar surface area (TPSA) is 112 Å². The Morgan fingerprint density at radius 1 is 1.11 bits per heavy atom. The number of hydrogen-bond donors (Lipinski definition) is 1. The molecule has 1 amide bonds. The quantitative estimate of drug-likeness (QED) is 0.281. The second kappa shape index (κ2) is 10.2. The number of methoxy groups -OCH3 is 3. The molecule has 0 radical (unpaired) electrons. The smallest absolute Gasteiger partial charge is 0.321 e. The number of benzene rings is 2. The standard InChI is InChI=1S/C25H29N3O7/c1-5-35-24(31)20-21(15-13-18(33-3)22(29)19(14-15)34-4)28-17-10-7-6-9-16(17)26-25(28)27(23(20)30)11-8-12-32-2/h6-7,9-10,13-14,20-21,29H,5,8,11-12H2,1-4H3/t20-,21+/m0/s1. The van der Waals surface area contributed by atoms with Crippen LogP contribution in [0.15, 0.2) is 36.4 Å². The number of anilines is 1. The molecule has 3 aromatic rings. The van der Waals surface area contributed by atoms with Crippen LogP contribution in [0.4, 0.5) is 5.95 Å². The number of phenolic OH excluding ortho intramolecular Hbond substituents is 1. The highest BCUT2D eigenvalue weighted by molar-refractivity contribution is 6.08. The average Bonchev–Trinajstić information content (AvgIpc) is 3.24. The van der Waals surface area contributed by atoms with E-state index in [0.717, 1.165) is 5.52 Å². The Morgan fingerprint density at radius 2 is 1.80 bits per heavy atom. The minimum atomic E-state index is -1.19. The molecule has 0 spiro atoms. The van der Waals surface area contributed by atoms with Gasteiger partial charge in [-0.15, -0.1) is 0 Å². The van der Waals surface area contributed by atoms with E-state index in [0.29, 0.717) is 36.6 Å². The monoisotopic (exact) mass is 483 g/mol. The zero-order chi connectivity index (χ0) is 25.1. The molecule has 2 atom stereocenters. The van der Waals surface area contributed by atoms with Gasteiger partial charge in [0.25, 0.3) is 0 Å². The molecule has 35 heavy (non-hydrogen) atoms. The number of fused-ring (bicyclic) bond motifs is 3. The van der Waals surface area contributed by atoms with E-state index in [9.17, 15) is 14.7 Å². The highest BCUT2D eigenvalue weighted by Crippen LogP contribution is 2.45. The van der Waals surface area contributed by atoms with Gasteiger partial charge in [-0.25, -0.2) is 4.98 Å². The molecule has 2 aromatic carbocycles. The maximum atomic E-state index is 13.9. The number of nitrogens with zero attached hydrogens (tertiary/aromatic N) is 3. The Morgan fingerprint density at radius 3 is 2.43 bits per heavy atom.